The maximum absolute atomic E-state index is 12.8. The Labute approximate surface area is 112 Å². The largest absolute Gasteiger partial charge is 0.341 e. The SMILES string of the molecule is CN(Cc1ccc(F)cc1)C(=O)Cc1ccccc1. The lowest BCUT2D eigenvalue weighted by Gasteiger charge is -2.17. The molecule has 0 atom stereocenters. The van der Waals surface area contributed by atoms with E-state index in [4.69, 9.17) is 0 Å². The molecule has 0 unspecified atom stereocenters. The Bertz CT molecular complexity index is 536. The second-order valence-electron chi connectivity index (χ2n) is 4.54. The van der Waals surface area contributed by atoms with Crippen LogP contribution in [-0.4, -0.2) is 17.9 Å². The molecular formula is C16H16FNO. The van der Waals surface area contributed by atoms with Crippen LogP contribution in [0, 0.1) is 5.82 Å². The summed E-state index contributed by atoms with van der Waals surface area (Å²) < 4.78 is 12.8. The number of nitrogens with zero attached hydrogens (tertiary/aromatic N) is 1. The van der Waals surface area contributed by atoms with Crippen LogP contribution in [0.4, 0.5) is 4.39 Å². The van der Waals surface area contributed by atoms with E-state index in [1.165, 1.54) is 12.1 Å². The van der Waals surface area contributed by atoms with Crippen molar-refractivity contribution in [3.05, 3.63) is 71.5 Å². The molecule has 0 spiro atoms. The predicted molar refractivity (Wildman–Crippen MR) is 73.0 cm³/mol. The molecule has 0 saturated heterocycles. The average molecular weight is 257 g/mol. The second kappa shape index (κ2) is 6.14. The molecule has 1 amide bonds. The molecule has 2 aromatic rings. The Morgan fingerprint density at radius 3 is 2.26 bits per heavy atom. The number of benzene rings is 2. The number of hydrogen-bond acceptors (Lipinski definition) is 1. The van der Waals surface area contributed by atoms with Gasteiger partial charge in [-0.25, -0.2) is 4.39 Å². The van der Waals surface area contributed by atoms with Crippen LogP contribution in [0.1, 0.15) is 11.1 Å². The van der Waals surface area contributed by atoms with Gasteiger partial charge in [0.15, 0.2) is 0 Å². The quantitative estimate of drug-likeness (QED) is 0.824. The van der Waals surface area contributed by atoms with E-state index in [1.54, 1.807) is 24.1 Å². The molecule has 0 aliphatic heterocycles. The minimum absolute atomic E-state index is 0.0514. The van der Waals surface area contributed by atoms with Gasteiger partial charge in [0.05, 0.1) is 6.42 Å². The Morgan fingerprint density at radius 2 is 1.63 bits per heavy atom. The predicted octanol–water partition coefficient (Wildman–Crippen LogP) is 3.03. The molecule has 0 saturated carbocycles. The smallest absolute Gasteiger partial charge is 0.227 e. The zero-order valence-electron chi connectivity index (χ0n) is 10.8. The van der Waals surface area contributed by atoms with Crippen molar-refractivity contribution < 1.29 is 9.18 Å². The number of amides is 1. The summed E-state index contributed by atoms with van der Waals surface area (Å²) >= 11 is 0. The van der Waals surface area contributed by atoms with Gasteiger partial charge in [-0.15, -0.1) is 0 Å². The fourth-order valence-electron chi connectivity index (χ4n) is 1.86. The van der Waals surface area contributed by atoms with Crippen LogP contribution < -0.4 is 0 Å². The first-order chi connectivity index (χ1) is 9.15. The Balaban J connectivity index is 1.94. The number of hydrogen-bond donors (Lipinski definition) is 0. The molecule has 0 aliphatic carbocycles. The molecule has 0 radical (unpaired) electrons. The third-order valence-electron chi connectivity index (χ3n) is 2.96. The van der Waals surface area contributed by atoms with Crippen LogP contribution in [0.15, 0.2) is 54.6 Å². The van der Waals surface area contributed by atoms with Crippen molar-refractivity contribution in [2.24, 2.45) is 0 Å². The summed E-state index contributed by atoms with van der Waals surface area (Å²) in [7, 11) is 1.76. The van der Waals surface area contributed by atoms with Crippen LogP contribution >= 0.6 is 0 Å². The van der Waals surface area contributed by atoms with Gasteiger partial charge in [0, 0.05) is 13.6 Å². The first kappa shape index (κ1) is 13.3. The van der Waals surface area contributed by atoms with E-state index >= 15 is 0 Å². The van der Waals surface area contributed by atoms with E-state index in [9.17, 15) is 9.18 Å². The van der Waals surface area contributed by atoms with Gasteiger partial charge < -0.3 is 4.90 Å². The van der Waals surface area contributed by atoms with E-state index < -0.39 is 0 Å². The number of rotatable bonds is 4. The van der Waals surface area contributed by atoms with Gasteiger partial charge in [0.25, 0.3) is 0 Å². The maximum atomic E-state index is 12.8. The van der Waals surface area contributed by atoms with Gasteiger partial charge >= 0.3 is 0 Å². The van der Waals surface area contributed by atoms with Crippen molar-refractivity contribution in [3.8, 4) is 0 Å². The minimum atomic E-state index is -0.262. The van der Waals surface area contributed by atoms with Gasteiger partial charge in [-0.05, 0) is 23.3 Å². The van der Waals surface area contributed by atoms with Crippen molar-refractivity contribution in [2.75, 3.05) is 7.05 Å². The normalized spacial score (nSPS) is 10.2. The number of carbonyl (C=O) groups is 1. The van der Waals surface area contributed by atoms with Crippen LogP contribution in [-0.2, 0) is 17.8 Å². The molecule has 3 heteroatoms. The first-order valence-corrected chi connectivity index (χ1v) is 6.17. The topological polar surface area (TPSA) is 20.3 Å². The van der Waals surface area contributed by atoms with E-state index in [0.29, 0.717) is 13.0 Å². The number of likely N-dealkylation sites (N-methyl/N-ethyl adjacent to an activating group) is 1. The van der Waals surface area contributed by atoms with Crippen molar-refractivity contribution in [2.45, 2.75) is 13.0 Å². The summed E-state index contributed by atoms with van der Waals surface area (Å²) in [5, 5.41) is 0. The molecule has 0 heterocycles. The molecule has 0 aromatic heterocycles. The molecule has 0 N–H and O–H groups in total. The average Bonchev–Trinajstić information content (AvgIpc) is 2.42. The molecular weight excluding hydrogens is 241 g/mol. The van der Waals surface area contributed by atoms with Crippen molar-refractivity contribution in [3.63, 3.8) is 0 Å². The molecule has 2 aromatic carbocycles. The lowest BCUT2D eigenvalue weighted by atomic mass is 10.1. The lowest BCUT2D eigenvalue weighted by Crippen LogP contribution is -2.27. The number of carbonyl (C=O) groups excluding carboxylic acids is 1. The lowest BCUT2D eigenvalue weighted by molar-refractivity contribution is -0.129. The highest BCUT2D eigenvalue weighted by molar-refractivity contribution is 5.78. The van der Waals surface area contributed by atoms with Gasteiger partial charge in [0.1, 0.15) is 5.82 Å². The van der Waals surface area contributed by atoms with Crippen molar-refractivity contribution in [1.29, 1.82) is 0 Å². The van der Waals surface area contributed by atoms with Crippen LogP contribution in [0.5, 0.6) is 0 Å². The summed E-state index contributed by atoms with van der Waals surface area (Å²) in [6.07, 6.45) is 0.387. The van der Waals surface area contributed by atoms with Crippen molar-refractivity contribution in [1.82, 2.24) is 4.90 Å². The van der Waals surface area contributed by atoms with Gasteiger partial charge in [-0.3, -0.25) is 4.79 Å². The van der Waals surface area contributed by atoms with Gasteiger partial charge in [-0.1, -0.05) is 42.5 Å². The van der Waals surface area contributed by atoms with E-state index in [-0.39, 0.29) is 11.7 Å². The first-order valence-electron chi connectivity index (χ1n) is 6.17. The van der Waals surface area contributed by atoms with E-state index in [0.717, 1.165) is 11.1 Å². The maximum Gasteiger partial charge on any atom is 0.227 e. The highest BCUT2D eigenvalue weighted by Crippen LogP contribution is 2.08. The Morgan fingerprint density at radius 1 is 1.00 bits per heavy atom. The highest BCUT2D eigenvalue weighted by atomic mass is 19.1. The summed E-state index contributed by atoms with van der Waals surface area (Å²) in [6.45, 7) is 0.492. The van der Waals surface area contributed by atoms with Crippen molar-refractivity contribution >= 4 is 5.91 Å². The van der Waals surface area contributed by atoms with Gasteiger partial charge in [0.2, 0.25) is 5.91 Å². The Hall–Kier alpha value is -2.16. The molecule has 0 bridgehead atoms. The molecule has 98 valence electrons. The monoisotopic (exact) mass is 257 g/mol. The van der Waals surface area contributed by atoms with E-state index in [2.05, 4.69) is 0 Å². The van der Waals surface area contributed by atoms with Crippen LogP contribution in [0.2, 0.25) is 0 Å². The number of halogens is 1. The summed E-state index contributed by atoms with van der Waals surface area (Å²) in [5.74, 6) is -0.211. The summed E-state index contributed by atoms with van der Waals surface area (Å²) in [6, 6.07) is 15.8. The zero-order valence-corrected chi connectivity index (χ0v) is 10.8. The molecule has 0 fully saturated rings. The Kier molecular flexibility index (Phi) is 4.29. The van der Waals surface area contributed by atoms with Crippen LogP contribution in [0.3, 0.4) is 0 Å². The fraction of sp³-hybridized carbons (Fsp3) is 0.188. The van der Waals surface area contributed by atoms with Gasteiger partial charge in [-0.2, -0.15) is 0 Å². The minimum Gasteiger partial charge on any atom is -0.341 e. The molecule has 2 nitrogen and oxygen atoms in total. The second-order valence-corrected chi connectivity index (χ2v) is 4.54. The summed E-state index contributed by atoms with van der Waals surface area (Å²) in [4.78, 5) is 13.7. The fourth-order valence-corrected chi connectivity index (χ4v) is 1.86. The molecule has 19 heavy (non-hydrogen) atoms. The third-order valence-corrected chi connectivity index (χ3v) is 2.96. The molecule has 0 aliphatic rings. The standard InChI is InChI=1S/C16H16FNO/c1-18(12-14-7-9-15(17)10-8-14)16(19)11-13-5-3-2-4-6-13/h2-10H,11-12H2,1H3. The van der Waals surface area contributed by atoms with Crippen LogP contribution in [0.25, 0.3) is 0 Å². The molecule has 2 rings (SSSR count). The summed E-state index contributed by atoms with van der Waals surface area (Å²) in [5.41, 5.74) is 1.92. The third kappa shape index (κ3) is 3.91. The zero-order chi connectivity index (χ0) is 13.7. The highest BCUT2D eigenvalue weighted by Gasteiger charge is 2.09. The van der Waals surface area contributed by atoms with E-state index in [1.807, 2.05) is 30.3 Å².